The van der Waals surface area contributed by atoms with E-state index in [1.807, 2.05) is 23.1 Å². The zero-order valence-corrected chi connectivity index (χ0v) is 23.8. The molecule has 7 nitrogen and oxygen atoms in total. The van der Waals surface area contributed by atoms with Gasteiger partial charge in [0.05, 0.1) is 17.7 Å². The first-order valence-corrected chi connectivity index (χ1v) is 14.6. The van der Waals surface area contributed by atoms with E-state index in [0.717, 1.165) is 64.0 Å². The number of piperidine rings is 1. The molecule has 6 rings (SSSR count). The first-order valence-electron chi connectivity index (χ1n) is 14.6. The molecule has 2 aromatic heterocycles. The molecule has 2 fully saturated rings. The number of nitrogens with zero attached hydrogens (tertiary/aromatic N) is 5. The molecule has 7 heteroatoms. The van der Waals surface area contributed by atoms with Gasteiger partial charge in [-0.15, -0.1) is 0 Å². The third-order valence-corrected chi connectivity index (χ3v) is 9.44. The van der Waals surface area contributed by atoms with Crippen molar-refractivity contribution in [1.29, 1.82) is 0 Å². The lowest BCUT2D eigenvalue weighted by Crippen LogP contribution is -2.62. The summed E-state index contributed by atoms with van der Waals surface area (Å²) in [6, 6.07) is 13.4. The lowest BCUT2D eigenvalue weighted by Gasteiger charge is -2.53. The number of carbonyl (C=O) groups is 1. The number of carbonyl (C=O) groups excluding carboxylic acids is 1. The van der Waals surface area contributed by atoms with Crippen LogP contribution in [-0.4, -0.2) is 87.6 Å². The SMILES string of the molecule is CCO[C@@H]1Cc2cc(C)ccc2C1N1CCN(C2(C)CCN(C(=O)c3ccnc4ncccc34)CC2)C[C@@H]1C. The van der Waals surface area contributed by atoms with Gasteiger partial charge in [0.1, 0.15) is 0 Å². The average Bonchev–Trinajstić information content (AvgIpc) is 3.29. The molecule has 2 saturated heterocycles. The van der Waals surface area contributed by atoms with Gasteiger partial charge >= 0.3 is 0 Å². The number of piperazine rings is 1. The van der Waals surface area contributed by atoms with Crippen molar-refractivity contribution < 1.29 is 9.53 Å². The zero-order chi connectivity index (χ0) is 27.1. The molecule has 39 heavy (non-hydrogen) atoms. The summed E-state index contributed by atoms with van der Waals surface area (Å²) in [5, 5.41) is 0.831. The molecule has 0 spiro atoms. The highest BCUT2D eigenvalue weighted by Gasteiger charge is 2.44. The Hall–Kier alpha value is -2.87. The molecule has 4 heterocycles. The van der Waals surface area contributed by atoms with Gasteiger partial charge in [-0.3, -0.25) is 14.6 Å². The minimum absolute atomic E-state index is 0.0905. The van der Waals surface area contributed by atoms with Crippen LogP contribution in [-0.2, 0) is 11.2 Å². The van der Waals surface area contributed by atoms with Crippen molar-refractivity contribution in [2.24, 2.45) is 0 Å². The van der Waals surface area contributed by atoms with Gasteiger partial charge in [0.25, 0.3) is 5.91 Å². The van der Waals surface area contributed by atoms with E-state index in [-0.39, 0.29) is 17.6 Å². The minimum atomic E-state index is 0.0905. The second-order valence-corrected chi connectivity index (χ2v) is 11.9. The second-order valence-electron chi connectivity index (χ2n) is 11.9. The van der Waals surface area contributed by atoms with Crippen molar-refractivity contribution in [3.8, 4) is 0 Å². The number of rotatable bonds is 5. The molecule has 1 aliphatic carbocycles. The van der Waals surface area contributed by atoms with Crippen LogP contribution in [0.5, 0.6) is 0 Å². The number of pyridine rings is 2. The third kappa shape index (κ3) is 4.85. The predicted octanol–water partition coefficient (Wildman–Crippen LogP) is 4.64. The smallest absolute Gasteiger partial charge is 0.254 e. The summed E-state index contributed by atoms with van der Waals surface area (Å²) in [4.78, 5) is 29.6. The number of ether oxygens (including phenoxy) is 1. The molecule has 0 radical (unpaired) electrons. The van der Waals surface area contributed by atoms with Crippen molar-refractivity contribution >= 4 is 16.9 Å². The van der Waals surface area contributed by atoms with E-state index in [1.54, 1.807) is 12.4 Å². The van der Waals surface area contributed by atoms with E-state index in [4.69, 9.17) is 4.74 Å². The van der Waals surface area contributed by atoms with E-state index < -0.39 is 0 Å². The van der Waals surface area contributed by atoms with Gasteiger partial charge in [-0.1, -0.05) is 23.8 Å². The molecule has 3 aromatic rings. The average molecular weight is 528 g/mol. The van der Waals surface area contributed by atoms with E-state index in [1.165, 1.54) is 16.7 Å². The zero-order valence-electron chi connectivity index (χ0n) is 23.8. The number of amides is 1. The third-order valence-electron chi connectivity index (χ3n) is 9.44. The van der Waals surface area contributed by atoms with Crippen molar-refractivity contribution in [2.75, 3.05) is 39.3 Å². The molecule has 0 saturated carbocycles. The summed E-state index contributed by atoms with van der Waals surface area (Å²) in [5.74, 6) is 0.0905. The number of benzene rings is 1. The first-order chi connectivity index (χ1) is 18.9. The van der Waals surface area contributed by atoms with Crippen molar-refractivity contribution in [3.63, 3.8) is 0 Å². The van der Waals surface area contributed by atoms with Gasteiger partial charge < -0.3 is 9.64 Å². The maximum absolute atomic E-state index is 13.5. The van der Waals surface area contributed by atoms with Crippen LogP contribution in [0, 0.1) is 6.92 Å². The Balaban J connectivity index is 1.12. The van der Waals surface area contributed by atoms with Gasteiger partial charge in [0.2, 0.25) is 0 Å². The first kappa shape index (κ1) is 26.4. The fourth-order valence-electron chi connectivity index (χ4n) is 7.21. The summed E-state index contributed by atoms with van der Waals surface area (Å²) in [5.41, 5.74) is 5.67. The molecule has 0 N–H and O–H groups in total. The number of aryl methyl sites for hydroxylation is 1. The van der Waals surface area contributed by atoms with E-state index >= 15 is 0 Å². The molecule has 2 aliphatic heterocycles. The monoisotopic (exact) mass is 527 g/mol. The summed E-state index contributed by atoms with van der Waals surface area (Å²) in [7, 11) is 0. The van der Waals surface area contributed by atoms with Gasteiger partial charge in [-0.05, 0) is 69.9 Å². The molecule has 3 atom stereocenters. The normalized spacial score (nSPS) is 25.6. The summed E-state index contributed by atoms with van der Waals surface area (Å²) in [6.07, 6.45) is 6.62. The van der Waals surface area contributed by atoms with Crippen LogP contribution in [0.4, 0.5) is 0 Å². The van der Waals surface area contributed by atoms with Gasteiger partial charge in [-0.25, -0.2) is 9.97 Å². The topological polar surface area (TPSA) is 61.8 Å². The molecule has 206 valence electrons. The minimum Gasteiger partial charge on any atom is -0.376 e. The number of fused-ring (bicyclic) bond motifs is 2. The maximum Gasteiger partial charge on any atom is 0.254 e. The van der Waals surface area contributed by atoms with Crippen LogP contribution in [0.15, 0.2) is 48.8 Å². The molecular weight excluding hydrogens is 486 g/mol. The largest absolute Gasteiger partial charge is 0.376 e. The fraction of sp³-hybridized carbons (Fsp3) is 0.531. The van der Waals surface area contributed by atoms with Crippen molar-refractivity contribution in [1.82, 2.24) is 24.7 Å². The second kappa shape index (κ2) is 10.6. The fourth-order valence-corrected chi connectivity index (χ4v) is 7.21. The lowest BCUT2D eigenvalue weighted by molar-refractivity contribution is -0.0630. The maximum atomic E-state index is 13.5. The Morgan fingerprint density at radius 2 is 1.87 bits per heavy atom. The number of hydrogen-bond acceptors (Lipinski definition) is 6. The highest BCUT2D eigenvalue weighted by molar-refractivity contribution is 6.05. The molecule has 1 amide bonds. The van der Waals surface area contributed by atoms with Crippen molar-refractivity contribution in [3.05, 3.63) is 71.0 Å². The standard InChI is InChI=1S/C32H41N5O2/c1-5-39-28-20-24-19-22(2)8-9-25(24)29(28)37-18-17-36(21-23(37)3)32(4)11-15-35(16-12-32)31(38)27-10-14-34-30-26(27)7-6-13-33-30/h6-10,13-14,19,23,28-29H,5,11-12,15-18,20-21H2,1-4H3/t23-,28+,29?/m0/s1. The van der Waals surface area contributed by atoms with Gasteiger partial charge in [0, 0.05) is 75.1 Å². The molecule has 1 unspecified atom stereocenters. The summed E-state index contributed by atoms with van der Waals surface area (Å²) in [6.45, 7) is 14.5. The van der Waals surface area contributed by atoms with Crippen molar-refractivity contribution in [2.45, 2.75) is 70.7 Å². The van der Waals surface area contributed by atoms with Gasteiger partial charge in [0.15, 0.2) is 5.65 Å². The van der Waals surface area contributed by atoms with Crippen LogP contribution in [0.1, 0.15) is 66.7 Å². The summed E-state index contributed by atoms with van der Waals surface area (Å²) >= 11 is 0. The van der Waals surface area contributed by atoms with Crippen LogP contribution >= 0.6 is 0 Å². The number of hydrogen-bond donors (Lipinski definition) is 0. The number of likely N-dealkylation sites (tertiary alicyclic amines) is 1. The van der Waals surface area contributed by atoms with Crippen LogP contribution < -0.4 is 0 Å². The summed E-state index contributed by atoms with van der Waals surface area (Å²) < 4.78 is 6.30. The predicted molar refractivity (Wildman–Crippen MR) is 154 cm³/mol. The molecule has 0 bridgehead atoms. The quantitative estimate of drug-likeness (QED) is 0.482. The highest BCUT2D eigenvalue weighted by Crippen LogP contribution is 2.41. The molecule has 3 aliphatic rings. The Kier molecular flexibility index (Phi) is 7.16. The molecular formula is C32H41N5O2. The Labute approximate surface area is 232 Å². The highest BCUT2D eigenvalue weighted by atomic mass is 16.5. The van der Waals surface area contributed by atoms with Crippen LogP contribution in [0.25, 0.3) is 11.0 Å². The Morgan fingerprint density at radius 1 is 1.08 bits per heavy atom. The Bertz CT molecular complexity index is 1350. The molecule has 1 aromatic carbocycles. The van der Waals surface area contributed by atoms with E-state index in [2.05, 4.69) is 65.7 Å². The van der Waals surface area contributed by atoms with E-state index in [0.29, 0.717) is 23.3 Å². The van der Waals surface area contributed by atoms with Gasteiger partial charge in [-0.2, -0.15) is 0 Å². The lowest BCUT2D eigenvalue weighted by atomic mass is 9.86. The van der Waals surface area contributed by atoms with Crippen LogP contribution in [0.2, 0.25) is 0 Å². The van der Waals surface area contributed by atoms with Crippen LogP contribution in [0.3, 0.4) is 0 Å². The Morgan fingerprint density at radius 3 is 2.64 bits per heavy atom. The number of aromatic nitrogens is 2. The van der Waals surface area contributed by atoms with E-state index in [9.17, 15) is 4.79 Å².